The van der Waals surface area contributed by atoms with Crippen LogP contribution in [0, 0.1) is 0 Å². The Balaban J connectivity index is 0.000000736. The van der Waals surface area contributed by atoms with Gasteiger partial charge in [0, 0.05) is 58.2 Å². The summed E-state index contributed by atoms with van der Waals surface area (Å²) in [5.41, 5.74) is 10.4. The van der Waals surface area contributed by atoms with Gasteiger partial charge in [-0.15, -0.1) is 0 Å². The molecule has 17 nitrogen and oxygen atoms in total. The smallest absolute Gasteiger partial charge is 0.290 e. The number of anilines is 3. The number of rotatable bonds is 7. The van der Waals surface area contributed by atoms with Gasteiger partial charge in [-0.05, 0) is 31.7 Å². The Morgan fingerprint density at radius 3 is 2.20 bits per heavy atom. The molecule has 246 valence electrons. The molecule has 0 radical (unpaired) electrons. The number of aryl methyl sites for hydroxylation is 1. The van der Waals surface area contributed by atoms with E-state index in [2.05, 4.69) is 66.5 Å². The van der Waals surface area contributed by atoms with Crippen LogP contribution < -0.4 is 16.4 Å². The highest BCUT2D eigenvalue weighted by Crippen LogP contribution is 2.32. The summed E-state index contributed by atoms with van der Waals surface area (Å²) in [6, 6.07) is 8.68. The quantitative estimate of drug-likeness (QED) is 0.157. The number of piperazine rings is 1. The van der Waals surface area contributed by atoms with E-state index in [-0.39, 0.29) is 30.9 Å². The van der Waals surface area contributed by atoms with Crippen molar-refractivity contribution in [1.29, 1.82) is 0 Å². The fourth-order valence-electron chi connectivity index (χ4n) is 4.63. The summed E-state index contributed by atoms with van der Waals surface area (Å²) < 4.78 is 1.87. The maximum Gasteiger partial charge on any atom is 0.290 e. The van der Waals surface area contributed by atoms with E-state index in [0.29, 0.717) is 28.6 Å². The minimum Gasteiger partial charge on any atom is -0.483 e. The third-order valence-electron chi connectivity index (χ3n) is 6.93. The summed E-state index contributed by atoms with van der Waals surface area (Å²) in [5, 5.41) is 27.0. The number of benzene rings is 1. The minimum absolute atomic E-state index is 0.0393. The fourth-order valence-corrected chi connectivity index (χ4v) is 4.63. The summed E-state index contributed by atoms with van der Waals surface area (Å²) in [4.78, 5) is 60.4. The SMILES string of the molecule is CNc1nc(Nc2ccc(CN3CCN(C)C(C)C3)cc2)c(C(N)=O)nc1-c1cncc2c1ncn2C.O=CO.O=CO.O=CO. The number of aromatic nitrogens is 5. The zero-order valence-corrected chi connectivity index (χ0v) is 25.9. The molecule has 0 aliphatic carbocycles. The van der Waals surface area contributed by atoms with Crippen LogP contribution in [-0.4, -0.2) is 115 Å². The van der Waals surface area contributed by atoms with Gasteiger partial charge in [0.1, 0.15) is 11.2 Å². The average Bonchev–Trinajstić information content (AvgIpc) is 3.41. The number of nitrogens with zero attached hydrogens (tertiary/aromatic N) is 7. The standard InChI is InChI=1S/C26H32N10O.3CH2O2/c1-16-13-36(10-9-34(16)3)14-17-5-7-18(8-6-17)31-26-23(24(27)37)32-22(25(28-2)33-26)19-11-29-12-20-21(19)30-15-35(20)4;3*2-1-3/h5-8,11-12,15-16H,9-10,13-14H2,1-4H3,(H2,27,37)(H2,28,31,33);3*1H,(H,2,3). The van der Waals surface area contributed by atoms with Gasteiger partial charge in [-0.1, -0.05) is 12.1 Å². The highest BCUT2D eigenvalue weighted by atomic mass is 16.4. The lowest BCUT2D eigenvalue weighted by atomic mass is 10.1. The Labute approximate surface area is 264 Å². The summed E-state index contributed by atoms with van der Waals surface area (Å²) >= 11 is 0. The first-order chi connectivity index (χ1) is 22.1. The molecule has 0 bridgehead atoms. The summed E-state index contributed by atoms with van der Waals surface area (Å²) in [6.07, 6.45) is 5.11. The van der Waals surface area contributed by atoms with Crippen molar-refractivity contribution in [2.24, 2.45) is 12.8 Å². The van der Waals surface area contributed by atoms with Crippen molar-refractivity contribution in [3.63, 3.8) is 0 Å². The van der Waals surface area contributed by atoms with E-state index in [1.54, 1.807) is 25.8 Å². The van der Waals surface area contributed by atoms with E-state index in [1.807, 2.05) is 23.7 Å². The zero-order chi connectivity index (χ0) is 34.2. The van der Waals surface area contributed by atoms with Gasteiger partial charge in [-0.2, -0.15) is 0 Å². The van der Waals surface area contributed by atoms with Gasteiger partial charge in [-0.25, -0.2) is 15.0 Å². The number of fused-ring (bicyclic) bond motifs is 1. The van der Waals surface area contributed by atoms with Crippen LogP contribution in [0.4, 0.5) is 17.3 Å². The molecule has 3 aromatic heterocycles. The number of nitrogens with two attached hydrogens (primary N) is 1. The lowest BCUT2D eigenvalue weighted by molar-refractivity contribution is -0.123. The zero-order valence-electron chi connectivity index (χ0n) is 25.9. The molecule has 7 N–H and O–H groups in total. The molecule has 0 spiro atoms. The van der Waals surface area contributed by atoms with Crippen molar-refractivity contribution in [3.8, 4) is 11.3 Å². The van der Waals surface area contributed by atoms with Gasteiger partial charge in [0.25, 0.3) is 25.3 Å². The van der Waals surface area contributed by atoms with Gasteiger partial charge in [0.15, 0.2) is 17.3 Å². The number of hydrogen-bond acceptors (Lipinski definition) is 12. The molecule has 4 aromatic rings. The Hall–Kier alpha value is -5.68. The van der Waals surface area contributed by atoms with E-state index >= 15 is 0 Å². The van der Waals surface area contributed by atoms with Crippen LogP contribution in [0.25, 0.3) is 22.3 Å². The summed E-state index contributed by atoms with van der Waals surface area (Å²) in [7, 11) is 5.82. The van der Waals surface area contributed by atoms with Crippen molar-refractivity contribution in [3.05, 3.63) is 54.2 Å². The number of imidazole rings is 1. The second-order valence-electron chi connectivity index (χ2n) is 9.85. The van der Waals surface area contributed by atoms with Gasteiger partial charge < -0.3 is 41.2 Å². The molecule has 1 atom stereocenters. The molecule has 1 aromatic carbocycles. The first-order valence-corrected chi connectivity index (χ1v) is 13.8. The van der Waals surface area contributed by atoms with Crippen molar-refractivity contribution in [2.75, 3.05) is 44.4 Å². The number of pyridine rings is 1. The second kappa shape index (κ2) is 18.2. The van der Waals surface area contributed by atoms with Gasteiger partial charge in [-0.3, -0.25) is 29.1 Å². The molecule has 46 heavy (non-hydrogen) atoms. The van der Waals surface area contributed by atoms with Crippen molar-refractivity contribution < 1.29 is 34.5 Å². The minimum atomic E-state index is -0.680. The number of hydrogen-bond donors (Lipinski definition) is 6. The Kier molecular flexibility index (Phi) is 14.4. The van der Waals surface area contributed by atoms with E-state index in [1.165, 1.54) is 5.56 Å². The maximum absolute atomic E-state index is 12.4. The molecule has 1 fully saturated rings. The summed E-state index contributed by atoms with van der Waals surface area (Å²) in [6.45, 7) is 5.59. The number of likely N-dealkylation sites (N-methyl/N-ethyl adjacent to an activating group) is 1. The number of primary amides is 1. The van der Waals surface area contributed by atoms with Gasteiger partial charge >= 0.3 is 0 Å². The molecule has 1 unspecified atom stereocenters. The van der Waals surface area contributed by atoms with Crippen LogP contribution >= 0.6 is 0 Å². The molecule has 1 aliphatic rings. The van der Waals surface area contributed by atoms with Crippen molar-refractivity contribution in [2.45, 2.75) is 19.5 Å². The predicted molar refractivity (Wildman–Crippen MR) is 171 cm³/mol. The monoisotopic (exact) mass is 638 g/mol. The van der Waals surface area contributed by atoms with Crippen LogP contribution in [0.15, 0.2) is 43.0 Å². The maximum atomic E-state index is 12.4. The third-order valence-corrected chi connectivity index (χ3v) is 6.93. The second-order valence-corrected chi connectivity index (χ2v) is 9.85. The van der Waals surface area contributed by atoms with Crippen LogP contribution in [0.2, 0.25) is 0 Å². The van der Waals surface area contributed by atoms with Crippen LogP contribution in [0.5, 0.6) is 0 Å². The molecule has 5 rings (SSSR count). The first-order valence-electron chi connectivity index (χ1n) is 13.8. The molecular weight excluding hydrogens is 600 g/mol. The predicted octanol–water partition coefficient (Wildman–Crippen LogP) is 1.55. The largest absolute Gasteiger partial charge is 0.483 e. The Morgan fingerprint density at radius 1 is 1.00 bits per heavy atom. The van der Waals surface area contributed by atoms with E-state index in [0.717, 1.165) is 37.4 Å². The van der Waals surface area contributed by atoms with Crippen molar-refractivity contribution in [1.82, 2.24) is 34.3 Å². The van der Waals surface area contributed by atoms with E-state index < -0.39 is 5.91 Å². The number of nitrogens with one attached hydrogen (secondary N) is 2. The lowest BCUT2D eigenvalue weighted by Gasteiger charge is -2.37. The molecule has 1 amide bonds. The normalized spacial score (nSPS) is 14.2. The molecule has 17 heteroatoms. The third kappa shape index (κ3) is 9.66. The average molecular weight is 639 g/mol. The number of carbonyl (C=O) groups excluding carboxylic acids is 1. The number of carboxylic acid groups (broad SMARTS) is 3. The van der Waals surface area contributed by atoms with Gasteiger partial charge in [0.2, 0.25) is 0 Å². The molecule has 0 saturated carbocycles. The lowest BCUT2D eigenvalue weighted by Crippen LogP contribution is -2.49. The van der Waals surface area contributed by atoms with E-state index in [4.69, 9.17) is 35.4 Å². The Morgan fingerprint density at radius 2 is 1.63 bits per heavy atom. The van der Waals surface area contributed by atoms with Crippen LogP contribution in [0.3, 0.4) is 0 Å². The number of amides is 1. The molecule has 4 heterocycles. The van der Waals surface area contributed by atoms with Gasteiger partial charge in [0.05, 0.1) is 23.6 Å². The number of carbonyl (C=O) groups is 4. The highest BCUT2D eigenvalue weighted by molar-refractivity contribution is 5.99. The van der Waals surface area contributed by atoms with Crippen molar-refractivity contribution >= 4 is 53.7 Å². The fraction of sp³-hybridized carbons (Fsp3) is 0.310. The first kappa shape index (κ1) is 36.5. The van der Waals surface area contributed by atoms with Crippen LogP contribution in [-0.2, 0) is 28.0 Å². The highest BCUT2D eigenvalue weighted by Gasteiger charge is 2.22. The molecule has 1 saturated heterocycles. The topological polar surface area (TPSA) is 242 Å². The molecule has 1 aliphatic heterocycles. The molecular formula is C29H38N10O7. The van der Waals surface area contributed by atoms with Crippen LogP contribution in [0.1, 0.15) is 23.0 Å². The van der Waals surface area contributed by atoms with E-state index in [9.17, 15) is 4.79 Å². The summed E-state index contributed by atoms with van der Waals surface area (Å²) in [5.74, 6) is 0.0801. The Bertz CT molecular complexity index is 1580.